The van der Waals surface area contributed by atoms with Crippen LogP contribution in [-0.2, 0) is 9.59 Å². The average Bonchev–Trinajstić information content (AvgIpc) is 3.29. The van der Waals surface area contributed by atoms with Crippen molar-refractivity contribution >= 4 is 23.2 Å². The zero-order valence-corrected chi connectivity index (χ0v) is 15.0. The fraction of sp³-hybridized carbons (Fsp3) is 0.500. The molecule has 4 rings (SSSR count). The van der Waals surface area contributed by atoms with E-state index in [2.05, 4.69) is 32.6 Å². The molecule has 26 heavy (non-hydrogen) atoms. The van der Waals surface area contributed by atoms with Gasteiger partial charge in [-0.3, -0.25) is 19.4 Å². The first-order valence-corrected chi connectivity index (χ1v) is 9.56. The number of hydrogen-bond acceptors (Lipinski definition) is 4. The molecule has 0 spiro atoms. The third-order valence-electron chi connectivity index (χ3n) is 5.62. The Labute approximate surface area is 154 Å². The Bertz CT molecular complexity index is 659. The van der Waals surface area contributed by atoms with Crippen molar-refractivity contribution in [1.82, 2.24) is 9.80 Å². The number of fused-ring (bicyclic) bond motifs is 3. The second kappa shape index (κ2) is 7.60. The molecule has 6 nitrogen and oxygen atoms in total. The molecule has 3 aliphatic rings. The third-order valence-corrected chi connectivity index (χ3v) is 5.62. The number of anilines is 2. The molecule has 1 aromatic rings. The molecule has 3 heterocycles. The summed E-state index contributed by atoms with van der Waals surface area (Å²) in [5.74, 6) is 0.0225. The standard InChI is InChI=1S/C20H26N4O2/c25-19-17-9-5-13-23(17)11-3-4-12-24-14-6-10-18(24)20(26)22-16-8-2-1-7-15(16)21-19/h1-4,7-8,17-18H,5-6,9-14H2,(H,21,25)(H,22,26)/b4-3+/t17-,18-/m0/s1. The van der Waals surface area contributed by atoms with Crippen LogP contribution in [0.2, 0.25) is 0 Å². The molecule has 0 unspecified atom stereocenters. The fourth-order valence-corrected chi connectivity index (χ4v) is 4.24. The van der Waals surface area contributed by atoms with E-state index in [1.807, 2.05) is 24.3 Å². The van der Waals surface area contributed by atoms with E-state index in [0.717, 1.165) is 51.9 Å². The molecule has 6 heteroatoms. The van der Waals surface area contributed by atoms with Gasteiger partial charge in [-0.25, -0.2) is 0 Å². The smallest absolute Gasteiger partial charge is 0.241 e. The van der Waals surface area contributed by atoms with Gasteiger partial charge in [0, 0.05) is 13.1 Å². The quantitative estimate of drug-likeness (QED) is 0.700. The lowest BCUT2D eigenvalue weighted by molar-refractivity contribution is -0.121. The van der Waals surface area contributed by atoms with Crippen LogP contribution in [0.3, 0.4) is 0 Å². The largest absolute Gasteiger partial charge is 0.323 e. The number of amides is 2. The summed E-state index contributed by atoms with van der Waals surface area (Å²) in [7, 11) is 0. The van der Waals surface area contributed by atoms with Gasteiger partial charge < -0.3 is 10.6 Å². The van der Waals surface area contributed by atoms with Crippen molar-refractivity contribution in [3.8, 4) is 0 Å². The van der Waals surface area contributed by atoms with Crippen molar-refractivity contribution in [2.75, 3.05) is 36.8 Å². The number of nitrogens with one attached hydrogen (secondary N) is 2. The number of carbonyl (C=O) groups excluding carboxylic acids is 2. The molecule has 2 fully saturated rings. The number of benzene rings is 1. The number of para-hydroxylation sites is 2. The van der Waals surface area contributed by atoms with Crippen LogP contribution >= 0.6 is 0 Å². The topological polar surface area (TPSA) is 64.7 Å². The molecular formula is C20H26N4O2. The molecule has 2 saturated heterocycles. The van der Waals surface area contributed by atoms with E-state index in [4.69, 9.17) is 0 Å². The van der Waals surface area contributed by atoms with Crippen molar-refractivity contribution in [1.29, 1.82) is 0 Å². The molecule has 0 aromatic heterocycles. The molecule has 0 aliphatic carbocycles. The van der Waals surface area contributed by atoms with Gasteiger partial charge in [0.05, 0.1) is 23.5 Å². The number of nitrogens with zero attached hydrogens (tertiary/aromatic N) is 2. The van der Waals surface area contributed by atoms with Crippen molar-refractivity contribution < 1.29 is 9.59 Å². The van der Waals surface area contributed by atoms with Gasteiger partial charge in [-0.05, 0) is 50.9 Å². The lowest BCUT2D eigenvalue weighted by Crippen LogP contribution is -2.41. The molecular weight excluding hydrogens is 328 g/mol. The summed E-state index contributed by atoms with van der Waals surface area (Å²) < 4.78 is 0. The zero-order chi connectivity index (χ0) is 17.9. The predicted molar refractivity (Wildman–Crippen MR) is 102 cm³/mol. The van der Waals surface area contributed by atoms with Gasteiger partial charge in [0.1, 0.15) is 0 Å². The van der Waals surface area contributed by atoms with E-state index < -0.39 is 0 Å². The predicted octanol–water partition coefficient (Wildman–Crippen LogP) is 2.06. The van der Waals surface area contributed by atoms with Gasteiger partial charge in [0.15, 0.2) is 0 Å². The van der Waals surface area contributed by atoms with Gasteiger partial charge in [-0.1, -0.05) is 24.3 Å². The Morgan fingerprint density at radius 1 is 0.769 bits per heavy atom. The highest BCUT2D eigenvalue weighted by molar-refractivity contribution is 6.02. The van der Waals surface area contributed by atoms with Crippen molar-refractivity contribution in [3.63, 3.8) is 0 Å². The van der Waals surface area contributed by atoms with Crippen LogP contribution in [0.4, 0.5) is 11.4 Å². The maximum atomic E-state index is 12.8. The van der Waals surface area contributed by atoms with Crippen LogP contribution in [0, 0.1) is 0 Å². The summed E-state index contributed by atoms with van der Waals surface area (Å²) in [4.78, 5) is 30.1. The van der Waals surface area contributed by atoms with Gasteiger partial charge in [0.2, 0.25) is 11.8 Å². The van der Waals surface area contributed by atoms with E-state index >= 15 is 0 Å². The number of rotatable bonds is 0. The molecule has 2 atom stereocenters. The van der Waals surface area contributed by atoms with Crippen LogP contribution < -0.4 is 10.6 Å². The highest BCUT2D eigenvalue weighted by Crippen LogP contribution is 2.26. The van der Waals surface area contributed by atoms with E-state index in [1.165, 1.54) is 0 Å². The van der Waals surface area contributed by atoms with Crippen molar-refractivity contribution in [2.24, 2.45) is 0 Å². The molecule has 3 aliphatic heterocycles. The van der Waals surface area contributed by atoms with Crippen molar-refractivity contribution in [3.05, 3.63) is 36.4 Å². The average molecular weight is 354 g/mol. The summed E-state index contributed by atoms with van der Waals surface area (Å²) in [5.41, 5.74) is 1.35. The first-order chi connectivity index (χ1) is 12.7. The second-order valence-electron chi connectivity index (χ2n) is 7.30. The summed E-state index contributed by atoms with van der Waals surface area (Å²) in [5, 5.41) is 6.07. The van der Waals surface area contributed by atoms with E-state index in [0.29, 0.717) is 11.4 Å². The first-order valence-electron chi connectivity index (χ1n) is 9.56. The second-order valence-corrected chi connectivity index (χ2v) is 7.30. The van der Waals surface area contributed by atoms with E-state index in [9.17, 15) is 9.59 Å². The lowest BCUT2D eigenvalue weighted by Gasteiger charge is -2.25. The molecule has 0 radical (unpaired) electrons. The Morgan fingerprint density at radius 3 is 1.69 bits per heavy atom. The maximum absolute atomic E-state index is 12.8. The highest BCUT2D eigenvalue weighted by Gasteiger charge is 2.32. The molecule has 1 aromatic carbocycles. The fourth-order valence-electron chi connectivity index (χ4n) is 4.24. The Balaban J connectivity index is 1.63. The van der Waals surface area contributed by atoms with Crippen LogP contribution in [0.25, 0.3) is 0 Å². The minimum Gasteiger partial charge on any atom is -0.323 e. The molecule has 2 amide bonds. The van der Waals surface area contributed by atoms with Crippen LogP contribution in [0.5, 0.6) is 0 Å². The highest BCUT2D eigenvalue weighted by atomic mass is 16.2. The van der Waals surface area contributed by atoms with Crippen LogP contribution in [0.1, 0.15) is 25.7 Å². The van der Waals surface area contributed by atoms with Gasteiger partial charge in [-0.2, -0.15) is 0 Å². The minimum atomic E-state index is -0.106. The molecule has 0 bridgehead atoms. The van der Waals surface area contributed by atoms with Gasteiger partial charge >= 0.3 is 0 Å². The third kappa shape index (κ3) is 3.52. The Hall–Kier alpha value is -2.18. The van der Waals surface area contributed by atoms with Crippen LogP contribution in [-0.4, -0.2) is 59.9 Å². The van der Waals surface area contributed by atoms with Crippen molar-refractivity contribution in [2.45, 2.75) is 37.8 Å². The normalized spacial score (nSPS) is 29.1. The minimum absolute atomic E-state index is 0.0113. The van der Waals surface area contributed by atoms with Gasteiger partial charge in [-0.15, -0.1) is 0 Å². The van der Waals surface area contributed by atoms with E-state index in [1.54, 1.807) is 0 Å². The maximum Gasteiger partial charge on any atom is 0.241 e. The van der Waals surface area contributed by atoms with Gasteiger partial charge in [0.25, 0.3) is 0 Å². The van der Waals surface area contributed by atoms with Crippen LogP contribution in [0.15, 0.2) is 36.4 Å². The van der Waals surface area contributed by atoms with E-state index in [-0.39, 0.29) is 23.9 Å². The number of carbonyl (C=O) groups is 2. The summed E-state index contributed by atoms with van der Waals surface area (Å²) in [6, 6.07) is 7.25. The zero-order valence-electron chi connectivity index (χ0n) is 15.0. The molecule has 0 saturated carbocycles. The summed E-state index contributed by atoms with van der Waals surface area (Å²) in [6.45, 7) is 3.47. The molecule has 2 N–H and O–H groups in total. The number of hydrogen-bond donors (Lipinski definition) is 2. The molecule has 138 valence electrons. The summed E-state index contributed by atoms with van der Waals surface area (Å²) in [6.07, 6.45) is 8.11. The Kier molecular flexibility index (Phi) is 5.04. The monoisotopic (exact) mass is 354 g/mol. The SMILES string of the molecule is O=C1Nc2ccccc2NC(=O)[C@@H]2CCCN2C/C=C/CN2CCC[C@@H]12. The first kappa shape index (κ1) is 17.2. The summed E-state index contributed by atoms with van der Waals surface area (Å²) >= 11 is 0. The Morgan fingerprint density at radius 2 is 1.23 bits per heavy atom. The lowest BCUT2D eigenvalue weighted by atomic mass is 10.1.